The van der Waals surface area contributed by atoms with Crippen LogP contribution in [0, 0.1) is 6.92 Å². The van der Waals surface area contributed by atoms with Gasteiger partial charge in [-0.25, -0.2) is 9.67 Å². The van der Waals surface area contributed by atoms with Crippen LogP contribution in [0.3, 0.4) is 0 Å². The second kappa shape index (κ2) is 7.74. The number of nitrogens with zero attached hydrogens (tertiary/aromatic N) is 6. The molecule has 0 aliphatic carbocycles. The molecule has 1 amide bonds. The van der Waals surface area contributed by atoms with Crippen molar-refractivity contribution in [3.8, 4) is 0 Å². The Kier molecular flexibility index (Phi) is 4.78. The van der Waals surface area contributed by atoms with E-state index in [4.69, 9.17) is 0 Å². The number of piperidine rings is 1. The van der Waals surface area contributed by atoms with Crippen LogP contribution in [0.15, 0.2) is 61.1 Å². The minimum Gasteiger partial charge on any atom is -0.337 e. The fraction of sp³-hybridized carbons (Fsp3) is 0.304. The fourth-order valence-electron chi connectivity index (χ4n) is 4.10. The van der Waals surface area contributed by atoms with Gasteiger partial charge < -0.3 is 9.30 Å². The van der Waals surface area contributed by atoms with Gasteiger partial charge in [0.05, 0.1) is 12.2 Å². The number of carbonyl (C=O) groups excluding carboxylic acids is 1. The first-order valence-corrected chi connectivity index (χ1v) is 10.3. The van der Waals surface area contributed by atoms with Gasteiger partial charge in [-0.1, -0.05) is 35.5 Å². The van der Waals surface area contributed by atoms with Gasteiger partial charge in [0.1, 0.15) is 11.3 Å². The van der Waals surface area contributed by atoms with E-state index < -0.39 is 0 Å². The summed E-state index contributed by atoms with van der Waals surface area (Å²) >= 11 is 0. The number of aromatic nitrogens is 5. The van der Waals surface area contributed by atoms with Gasteiger partial charge in [0.2, 0.25) is 0 Å². The van der Waals surface area contributed by atoms with Crippen LogP contribution in [0.25, 0.3) is 5.65 Å². The molecule has 1 saturated heterocycles. The van der Waals surface area contributed by atoms with Crippen LogP contribution in [0.1, 0.15) is 46.1 Å². The number of carbonyl (C=O) groups is 1. The van der Waals surface area contributed by atoms with Crippen LogP contribution in [0.5, 0.6) is 0 Å². The third-order valence-corrected chi connectivity index (χ3v) is 5.71. The highest BCUT2D eigenvalue weighted by Gasteiger charge is 2.28. The number of likely N-dealkylation sites (tertiary alicyclic amines) is 1. The Morgan fingerprint density at radius 3 is 2.90 bits per heavy atom. The molecule has 152 valence electrons. The Morgan fingerprint density at radius 1 is 1.17 bits per heavy atom. The number of hydrogen-bond donors (Lipinski definition) is 0. The summed E-state index contributed by atoms with van der Waals surface area (Å²) in [6, 6.07) is 14.2. The molecule has 1 aliphatic heterocycles. The number of fused-ring (bicyclic) bond motifs is 1. The second-order valence-electron chi connectivity index (χ2n) is 8.01. The van der Waals surface area contributed by atoms with E-state index in [1.54, 1.807) is 0 Å². The molecule has 0 bridgehead atoms. The lowest BCUT2D eigenvalue weighted by molar-refractivity contribution is 0.0700. The molecule has 7 heteroatoms. The largest absolute Gasteiger partial charge is 0.337 e. The zero-order valence-electron chi connectivity index (χ0n) is 17.0. The molecule has 1 fully saturated rings. The first-order chi connectivity index (χ1) is 14.7. The molecule has 0 spiro atoms. The number of pyridine rings is 1. The Bertz CT molecular complexity index is 1180. The molecule has 0 N–H and O–H groups in total. The molecule has 1 aliphatic rings. The molecule has 30 heavy (non-hydrogen) atoms. The summed E-state index contributed by atoms with van der Waals surface area (Å²) < 4.78 is 3.77. The third-order valence-electron chi connectivity index (χ3n) is 5.71. The molecule has 7 nitrogen and oxygen atoms in total. The molecule has 5 rings (SSSR count). The van der Waals surface area contributed by atoms with Crippen molar-refractivity contribution in [3.05, 3.63) is 83.6 Å². The Balaban J connectivity index is 1.30. The van der Waals surface area contributed by atoms with E-state index in [1.165, 1.54) is 5.56 Å². The maximum atomic E-state index is 13.1. The average Bonchev–Trinajstić information content (AvgIpc) is 3.41. The van der Waals surface area contributed by atoms with Crippen molar-refractivity contribution in [3.63, 3.8) is 0 Å². The summed E-state index contributed by atoms with van der Waals surface area (Å²) in [5.41, 5.74) is 4.57. The zero-order valence-corrected chi connectivity index (χ0v) is 17.0. The summed E-state index contributed by atoms with van der Waals surface area (Å²) in [5, 5.41) is 8.70. The lowest BCUT2D eigenvalue weighted by atomic mass is 9.95. The van der Waals surface area contributed by atoms with Crippen molar-refractivity contribution in [2.45, 2.75) is 32.2 Å². The standard InChI is InChI=1S/C23H24N6O/c1-17-9-11-27-15-21(24-22(27)12-17)23(30)28-10-5-8-19(14-28)20-16-29(26-25-20)13-18-6-3-2-4-7-18/h2-4,6-7,9,11-12,15-16,19H,5,8,10,13-14H2,1H3. The number of imidazole rings is 1. The minimum absolute atomic E-state index is 0.0160. The van der Waals surface area contributed by atoms with Crippen LogP contribution in [-0.2, 0) is 6.54 Å². The van der Waals surface area contributed by atoms with E-state index in [0.717, 1.165) is 36.3 Å². The van der Waals surface area contributed by atoms with E-state index in [-0.39, 0.29) is 11.8 Å². The molecule has 4 heterocycles. The molecule has 1 aromatic carbocycles. The van der Waals surface area contributed by atoms with Crippen LogP contribution >= 0.6 is 0 Å². The van der Waals surface area contributed by atoms with Gasteiger partial charge in [0.25, 0.3) is 5.91 Å². The van der Waals surface area contributed by atoms with Crippen molar-refractivity contribution in [2.75, 3.05) is 13.1 Å². The summed E-state index contributed by atoms with van der Waals surface area (Å²) in [4.78, 5) is 19.5. The summed E-state index contributed by atoms with van der Waals surface area (Å²) in [6.07, 6.45) is 7.74. The van der Waals surface area contributed by atoms with Gasteiger partial charge in [-0.2, -0.15) is 0 Å². The molecule has 0 saturated carbocycles. The van der Waals surface area contributed by atoms with E-state index >= 15 is 0 Å². The highest BCUT2D eigenvalue weighted by molar-refractivity contribution is 5.93. The Hall–Kier alpha value is -3.48. The van der Waals surface area contributed by atoms with Gasteiger partial charge in [-0.15, -0.1) is 5.10 Å². The molecule has 4 aromatic rings. The van der Waals surface area contributed by atoms with Crippen molar-refractivity contribution in [1.29, 1.82) is 0 Å². The SMILES string of the molecule is Cc1ccn2cc(C(=O)N3CCCC(c4cn(Cc5ccccc5)nn4)C3)nc2c1. The third kappa shape index (κ3) is 3.70. The Labute approximate surface area is 175 Å². The molecule has 3 aromatic heterocycles. The van der Waals surface area contributed by atoms with Gasteiger partial charge in [-0.05, 0) is 43.0 Å². The van der Waals surface area contributed by atoms with E-state index in [9.17, 15) is 4.79 Å². The number of hydrogen-bond acceptors (Lipinski definition) is 4. The quantitative estimate of drug-likeness (QED) is 0.527. The lowest BCUT2D eigenvalue weighted by Crippen LogP contribution is -2.39. The predicted octanol–water partition coefficient (Wildman–Crippen LogP) is 3.30. The van der Waals surface area contributed by atoms with Gasteiger partial charge in [0.15, 0.2) is 0 Å². The average molecular weight is 400 g/mol. The number of benzene rings is 1. The molecular formula is C23H24N6O. The van der Waals surface area contributed by atoms with Crippen molar-refractivity contribution in [2.24, 2.45) is 0 Å². The molecular weight excluding hydrogens is 376 g/mol. The maximum absolute atomic E-state index is 13.1. The van der Waals surface area contributed by atoms with E-state index in [1.807, 2.05) is 69.8 Å². The smallest absolute Gasteiger partial charge is 0.274 e. The molecule has 1 atom stereocenters. The number of aryl methyl sites for hydroxylation is 1. The number of amides is 1. The van der Waals surface area contributed by atoms with Gasteiger partial charge >= 0.3 is 0 Å². The fourth-order valence-corrected chi connectivity index (χ4v) is 4.10. The summed E-state index contributed by atoms with van der Waals surface area (Å²) in [7, 11) is 0. The molecule has 1 unspecified atom stereocenters. The molecule has 0 radical (unpaired) electrons. The monoisotopic (exact) mass is 400 g/mol. The topological polar surface area (TPSA) is 68.3 Å². The first kappa shape index (κ1) is 18.5. The maximum Gasteiger partial charge on any atom is 0.274 e. The van der Waals surface area contributed by atoms with Crippen LogP contribution in [0.4, 0.5) is 0 Å². The van der Waals surface area contributed by atoms with E-state index in [0.29, 0.717) is 18.8 Å². The summed E-state index contributed by atoms with van der Waals surface area (Å²) in [6.45, 7) is 4.12. The van der Waals surface area contributed by atoms with Gasteiger partial charge in [-0.3, -0.25) is 4.79 Å². The second-order valence-corrected chi connectivity index (χ2v) is 8.01. The van der Waals surface area contributed by atoms with Gasteiger partial charge in [0, 0.05) is 37.6 Å². The van der Waals surface area contributed by atoms with Crippen molar-refractivity contribution < 1.29 is 4.79 Å². The first-order valence-electron chi connectivity index (χ1n) is 10.3. The minimum atomic E-state index is -0.0160. The normalized spacial score (nSPS) is 16.8. The highest BCUT2D eigenvalue weighted by Crippen LogP contribution is 2.26. The highest BCUT2D eigenvalue weighted by atomic mass is 16.2. The summed E-state index contributed by atoms with van der Waals surface area (Å²) in [5.74, 6) is 0.184. The lowest BCUT2D eigenvalue weighted by Gasteiger charge is -2.31. The van der Waals surface area contributed by atoms with Crippen molar-refractivity contribution >= 4 is 11.6 Å². The Morgan fingerprint density at radius 2 is 2.03 bits per heavy atom. The van der Waals surface area contributed by atoms with E-state index in [2.05, 4.69) is 27.4 Å². The zero-order chi connectivity index (χ0) is 20.5. The number of rotatable bonds is 4. The van der Waals surface area contributed by atoms with Crippen molar-refractivity contribution in [1.82, 2.24) is 29.3 Å². The van der Waals surface area contributed by atoms with Crippen LogP contribution in [-0.4, -0.2) is 48.3 Å². The predicted molar refractivity (Wildman–Crippen MR) is 113 cm³/mol. The van der Waals surface area contributed by atoms with Crippen LogP contribution in [0.2, 0.25) is 0 Å². The van der Waals surface area contributed by atoms with Crippen LogP contribution < -0.4 is 0 Å².